The molecule has 4 aromatic rings. The highest BCUT2D eigenvalue weighted by molar-refractivity contribution is 6.25. The van der Waals surface area contributed by atoms with Crippen LogP contribution in [0.4, 0.5) is 0 Å². The summed E-state index contributed by atoms with van der Waals surface area (Å²) in [6.07, 6.45) is 4.44. The summed E-state index contributed by atoms with van der Waals surface area (Å²) in [5.74, 6) is 0. The van der Waals surface area contributed by atoms with E-state index in [0.717, 1.165) is 0 Å². The van der Waals surface area contributed by atoms with Crippen molar-refractivity contribution in [3.8, 4) is 0 Å². The van der Waals surface area contributed by atoms with Crippen molar-refractivity contribution < 1.29 is 0 Å². The standard InChI is InChI=1S/C36H34/c1-5-27(3)33(29-19-11-7-12-20-29)35(31-23-15-9-16-24-31)36(32-25-17-10-18-26-32)34(28(4)6-2)30-21-13-8-14-22-30/h5-26H,1-4H3/b27-5-,28-6+,35-33+,36-34-. The van der Waals surface area contributed by atoms with Crippen molar-refractivity contribution in [1.82, 2.24) is 0 Å². The summed E-state index contributed by atoms with van der Waals surface area (Å²) in [5, 5.41) is 0. The summed E-state index contributed by atoms with van der Waals surface area (Å²) in [4.78, 5) is 0. The van der Waals surface area contributed by atoms with E-state index in [1.54, 1.807) is 0 Å². The van der Waals surface area contributed by atoms with Crippen LogP contribution in [0.25, 0.3) is 22.3 Å². The van der Waals surface area contributed by atoms with Crippen molar-refractivity contribution in [2.75, 3.05) is 0 Å². The van der Waals surface area contributed by atoms with Crippen LogP contribution in [0.2, 0.25) is 0 Å². The molecule has 0 nitrogen and oxygen atoms in total. The van der Waals surface area contributed by atoms with Gasteiger partial charge in [0.1, 0.15) is 0 Å². The first kappa shape index (κ1) is 24.9. The second-order valence-corrected chi connectivity index (χ2v) is 8.91. The molecule has 0 bridgehead atoms. The van der Waals surface area contributed by atoms with Gasteiger partial charge in [-0.05, 0) is 83.4 Å². The molecule has 4 rings (SSSR count). The molecule has 0 radical (unpaired) electrons. The summed E-state index contributed by atoms with van der Waals surface area (Å²) < 4.78 is 0. The topological polar surface area (TPSA) is 0 Å². The van der Waals surface area contributed by atoms with Crippen LogP contribution < -0.4 is 0 Å². The van der Waals surface area contributed by atoms with Crippen LogP contribution >= 0.6 is 0 Å². The van der Waals surface area contributed by atoms with Gasteiger partial charge in [-0.25, -0.2) is 0 Å². The number of hydrogen-bond acceptors (Lipinski definition) is 0. The fourth-order valence-corrected chi connectivity index (χ4v) is 4.67. The number of rotatable bonds is 7. The Morgan fingerprint density at radius 3 is 0.806 bits per heavy atom. The average Bonchev–Trinajstić information content (AvgIpc) is 2.96. The van der Waals surface area contributed by atoms with Crippen LogP contribution in [0, 0.1) is 0 Å². The third-order valence-electron chi connectivity index (χ3n) is 6.65. The Labute approximate surface area is 216 Å². The van der Waals surface area contributed by atoms with Gasteiger partial charge in [0.25, 0.3) is 0 Å². The molecule has 0 aliphatic heterocycles. The van der Waals surface area contributed by atoms with Crippen molar-refractivity contribution in [2.45, 2.75) is 27.7 Å². The van der Waals surface area contributed by atoms with Crippen molar-refractivity contribution >= 4 is 22.3 Å². The van der Waals surface area contributed by atoms with E-state index in [9.17, 15) is 0 Å². The maximum Gasteiger partial charge on any atom is -0.00179 e. The van der Waals surface area contributed by atoms with E-state index >= 15 is 0 Å². The zero-order valence-corrected chi connectivity index (χ0v) is 21.7. The summed E-state index contributed by atoms with van der Waals surface area (Å²) in [6, 6.07) is 43.2. The highest BCUT2D eigenvalue weighted by atomic mass is 14.3. The summed E-state index contributed by atoms with van der Waals surface area (Å²) >= 11 is 0. The van der Waals surface area contributed by atoms with Gasteiger partial charge in [0.2, 0.25) is 0 Å². The molecule has 0 spiro atoms. The minimum absolute atomic E-state index is 1.20. The second kappa shape index (κ2) is 12.0. The zero-order valence-electron chi connectivity index (χ0n) is 21.7. The normalized spacial score (nSPS) is 13.7. The molecule has 0 heterocycles. The summed E-state index contributed by atoms with van der Waals surface area (Å²) in [6.45, 7) is 8.70. The maximum atomic E-state index is 2.23. The Hall–Kier alpha value is -4.16. The highest BCUT2D eigenvalue weighted by Gasteiger charge is 2.23. The van der Waals surface area contributed by atoms with Crippen molar-refractivity contribution in [3.05, 3.63) is 167 Å². The van der Waals surface area contributed by atoms with Crippen LogP contribution in [-0.4, -0.2) is 0 Å². The number of benzene rings is 4. The SMILES string of the molecule is C\C=C(C)/C(=C(\C(=C(\C(C)=C\C)c1ccccc1)c1ccccc1)c1ccccc1)c1ccccc1. The molecule has 0 saturated heterocycles. The van der Waals surface area contributed by atoms with Gasteiger partial charge in [0, 0.05) is 0 Å². The predicted molar refractivity (Wildman–Crippen MR) is 158 cm³/mol. The monoisotopic (exact) mass is 466 g/mol. The molecular formula is C36H34. The van der Waals surface area contributed by atoms with Crippen LogP contribution in [0.5, 0.6) is 0 Å². The lowest BCUT2D eigenvalue weighted by Gasteiger charge is -2.25. The lowest BCUT2D eigenvalue weighted by Crippen LogP contribution is -2.02. The fourth-order valence-electron chi connectivity index (χ4n) is 4.67. The fraction of sp³-hybridized carbons (Fsp3) is 0.111. The Bertz CT molecular complexity index is 1290. The van der Waals surface area contributed by atoms with Gasteiger partial charge in [0.15, 0.2) is 0 Å². The molecule has 178 valence electrons. The van der Waals surface area contributed by atoms with Crippen LogP contribution in [0.15, 0.2) is 145 Å². The van der Waals surface area contributed by atoms with Gasteiger partial charge >= 0.3 is 0 Å². The molecule has 0 N–H and O–H groups in total. The average molecular weight is 467 g/mol. The van der Waals surface area contributed by atoms with Crippen molar-refractivity contribution in [2.24, 2.45) is 0 Å². The Morgan fingerprint density at radius 1 is 0.361 bits per heavy atom. The first-order valence-corrected chi connectivity index (χ1v) is 12.6. The van der Waals surface area contributed by atoms with Crippen molar-refractivity contribution in [1.29, 1.82) is 0 Å². The van der Waals surface area contributed by atoms with Gasteiger partial charge in [-0.15, -0.1) is 0 Å². The van der Waals surface area contributed by atoms with Gasteiger partial charge < -0.3 is 0 Å². The molecule has 4 aromatic carbocycles. The third-order valence-corrected chi connectivity index (χ3v) is 6.65. The van der Waals surface area contributed by atoms with Crippen molar-refractivity contribution in [3.63, 3.8) is 0 Å². The lowest BCUT2D eigenvalue weighted by molar-refractivity contribution is 1.44. The smallest absolute Gasteiger partial charge is 0.00179 e. The second-order valence-electron chi connectivity index (χ2n) is 8.91. The third kappa shape index (κ3) is 5.39. The van der Waals surface area contributed by atoms with E-state index in [-0.39, 0.29) is 0 Å². The molecule has 0 amide bonds. The molecular weight excluding hydrogens is 432 g/mol. The van der Waals surface area contributed by atoms with E-state index in [1.165, 1.54) is 55.7 Å². The predicted octanol–water partition coefficient (Wildman–Crippen LogP) is 10.1. The summed E-state index contributed by atoms with van der Waals surface area (Å²) in [7, 11) is 0. The number of hydrogen-bond donors (Lipinski definition) is 0. The first-order chi connectivity index (χ1) is 17.7. The van der Waals surface area contributed by atoms with Gasteiger partial charge in [-0.3, -0.25) is 0 Å². The minimum atomic E-state index is 1.20. The molecule has 0 aliphatic rings. The van der Waals surface area contributed by atoms with Gasteiger partial charge in [-0.1, -0.05) is 133 Å². The summed E-state index contributed by atoms with van der Waals surface area (Å²) in [5.41, 5.74) is 12.3. The lowest BCUT2D eigenvalue weighted by atomic mass is 9.78. The van der Waals surface area contributed by atoms with E-state index in [1.807, 2.05) is 0 Å². The molecule has 0 fully saturated rings. The first-order valence-electron chi connectivity index (χ1n) is 12.6. The van der Waals surface area contributed by atoms with Crippen LogP contribution in [-0.2, 0) is 0 Å². The van der Waals surface area contributed by atoms with E-state index in [2.05, 4.69) is 161 Å². The zero-order chi connectivity index (χ0) is 25.3. The minimum Gasteiger partial charge on any atom is -0.0841 e. The molecule has 0 atom stereocenters. The highest BCUT2D eigenvalue weighted by Crippen LogP contribution is 2.46. The number of allylic oxidation sites excluding steroid dienone is 8. The molecule has 0 saturated carbocycles. The molecule has 0 heteroatoms. The molecule has 0 aromatic heterocycles. The maximum absolute atomic E-state index is 2.23. The van der Waals surface area contributed by atoms with E-state index in [0.29, 0.717) is 0 Å². The Kier molecular flexibility index (Phi) is 8.32. The quantitative estimate of drug-likeness (QED) is 0.188. The van der Waals surface area contributed by atoms with Crippen LogP contribution in [0.1, 0.15) is 49.9 Å². The van der Waals surface area contributed by atoms with E-state index < -0.39 is 0 Å². The van der Waals surface area contributed by atoms with Gasteiger partial charge in [-0.2, -0.15) is 0 Å². The van der Waals surface area contributed by atoms with Gasteiger partial charge in [0.05, 0.1) is 0 Å². The molecule has 36 heavy (non-hydrogen) atoms. The van der Waals surface area contributed by atoms with Crippen LogP contribution in [0.3, 0.4) is 0 Å². The largest absolute Gasteiger partial charge is 0.0841 e. The Balaban J connectivity index is 2.29. The van der Waals surface area contributed by atoms with E-state index in [4.69, 9.17) is 0 Å². The Morgan fingerprint density at radius 2 is 0.583 bits per heavy atom. The molecule has 0 unspecified atom stereocenters. The molecule has 0 aliphatic carbocycles.